The zero-order chi connectivity index (χ0) is 18.6. The van der Waals surface area contributed by atoms with E-state index in [0.717, 1.165) is 43.6 Å². The number of imidazole rings is 1. The minimum atomic E-state index is -0.380. The molecule has 1 aromatic carbocycles. The second-order valence-electron chi connectivity index (χ2n) is 7.23. The molecule has 0 spiro atoms. The third kappa shape index (κ3) is 4.03. The average molecular weight is 371 g/mol. The van der Waals surface area contributed by atoms with Crippen LogP contribution in [-0.2, 0) is 12.8 Å². The summed E-state index contributed by atoms with van der Waals surface area (Å²) in [5.74, 6) is 1.27. The first-order chi connectivity index (χ1) is 13.2. The summed E-state index contributed by atoms with van der Waals surface area (Å²) in [6.07, 6.45) is 7.58. The van der Waals surface area contributed by atoms with E-state index in [1.165, 1.54) is 38.4 Å². The van der Waals surface area contributed by atoms with Gasteiger partial charge in [-0.15, -0.1) is 0 Å². The number of aromatic nitrogens is 4. The van der Waals surface area contributed by atoms with E-state index in [-0.39, 0.29) is 11.6 Å². The van der Waals surface area contributed by atoms with Crippen molar-refractivity contribution in [3.8, 4) is 11.4 Å². The van der Waals surface area contributed by atoms with Gasteiger partial charge in [0.1, 0.15) is 17.2 Å². The maximum Gasteiger partial charge on any atom is 0.226 e. The Labute approximate surface area is 158 Å². The molecule has 0 amide bonds. The molecule has 6 nitrogen and oxygen atoms in total. The fourth-order valence-corrected chi connectivity index (χ4v) is 3.73. The molecule has 0 radical (unpaired) electrons. The van der Waals surface area contributed by atoms with Gasteiger partial charge in [-0.25, -0.2) is 9.37 Å². The van der Waals surface area contributed by atoms with Crippen molar-refractivity contribution < 1.29 is 8.91 Å². The molecule has 2 aromatic heterocycles. The van der Waals surface area contributed by atoms with Crippen molar-refractivity contribution >= 4 is 11.0 Å². The van der Waals surface area contributed by atoms with Gasteiger partial charge in [0.15, 0.2) is 0 Å². The van der Waals surface area contributed by atoms with Crippen LogP contribution in [-0.4, -0.2) is 44.6 Å². The number of likely N-dealkylation sites (tertiary alicyclic amines) is 1. The Hall–Kier alpha value is -2.28. The summed E-state index contributed by atoms with van der Waals surface area (Å²) in [5, 5.41) is 4.01. The highest BCUT2D eigenvalue weighted by Gasteiger charge is 2.19. The molecule has 0 unspecified atom stereocenters. The Morgan fingerprint density at radius 1 is 1.15 bits per heavy atom. The number of H-pyrrole nitrogens is 1. The van der Waals surface area contributed by atoms with Crippen molar-refractivity contribution in [3.63, 3.8) is 0 Å². The first-order valence-corrected chi connectivity index (χ1v) is 9.97. The fraction of sp³-hybridized carbons (Fsp3) is 0.550. The minimum absolute atomic E-state index is 0.276. The number of unbranched alkanes of at least 4 members (excludes halogenated alkanes) is 1. The number of nitrogens with zero attached hydrogens (tertiary/aromatic N) is 4. The summed E-state index contributed by atoms with van der Waals surface area (Å²) in [4.78, 5) is 14.6. The van der Waals surface area contributed by atoms with E-state index in [1.54, 1.807) is 6.07 Å². The van der Waals surface area contributed by atoms with Gasteiger partial charge in [0.05, 0.1) is 11.1 Å². The molecule has 0 bridgehead atoms. The normalized spacial score (nSPS) is 15.6. The van der Waals surface area contributed by atoms with Gasteiger partial charge in [0, 0.05) is 12.8 Å². The largest absolute Gasteiger partial charge is 0.342 e. The molecule has 1 fully saturated rings. The highest BCUT2D eigenvalue weighted by molar-refractivity contribution is 5.90. The number of aromatic amines is 1. The molecule has 0 atom stereocenters. The number of benzene rings is 1. The van der Waals surface area contributed by atoms with Crippen LogP contribution < -0.4 is 0 Å². The summed E-state index contributed by atoms with van der Waals surface area (Å²) in [6, 6.07) is 3.12. The van der Waals surface area contributed by atoms with Gasteiger partial charge in [-0.05, 0) is 57.5 Å². The van der Waals surface area contributed by atoms with Gasteiger partial charge in [-0.1, -0.05) is 18.5 Å². The predicted octanol–water partition coefficient (Wildman–Crippen LogP) is 4.12. The Bertz CT molecular complexity index is 897. The van der Waals surface area contributed by atoms with E-state index < -0.39 is 0 Å². The van der Waals surface area contributed by atoms with Crippen LogP contribution >= 0.6 is 0 Å². The average Bonchev–Trinajstić information content (AvgIpc) is 3.33. The predicted molar refractivity (Wildman–Crippen MR) is 102 cm³/mol. The lowest BCUT2D eigenvalue weighted by molar-refractivity contribution is 0.224. The van der Waals surface area contributed by atoms with Crippen molar-refractivity contribution in [2.45, 2.75) is 51.9 Å². The van der Waals surface area contributed by atoms with Crippen LogP contribution in [0.25, 0.3) is 22.4 Å². The van der Waals surface area contributed by atoms with Crippen LogP contribution in [0.3, 0.4) is 0 Å². The third-order valence-electron chi connectivity index (χ3n) is 5.24. The number of piperidine rings is 1. The van der Waals surface area contributed by atoms with Crippen LogP contribution in [0.4, 0.5) is 4.39 Å². The molecular weight excluding hydrogens is 345 g/mol. The highest BCUT2D eigenvalue weighted by atomic mass is 19.1. The molecule has 144 valence electrons. The van der Waals surface area contributed by atoms with Crippen molar-refractivity contribution in [2.75, 3.05) is 19.6 Å². The monoisotopic (exact) mass is 371 g/mol. The number of halogens is 1. The van der Waals surface area contributed by atoms with Crippen LogP contribution in [0.5, 0.6) is 0 Å². The smallest absolute Gasteiger partial charge is 0.226 e. The first kappa shape index (κ1) is 18.1. The topological polar surface area (TPSA) is 70.8 Å². The zero-order valence-electron chi connectivity index (χ0n) is 15.8. The Morgan fingerprint density at radius 3 is 2.81 bits per heavy atom. The van der Waals surface area contributed by atoms with Crippen LogP contribution in [0.15, 0.2) is 16.7 Å². The van der Waals surface area contributed by atoms with Gasteiger partial charge in [0.2, 0.25) is 11.7 Å². The molecule has 3 heterocycles. The summed E-state index contributed by atoms with van der Waals surface area (Å²) in [6.45, 7) is 5.57. The molecule has 27 heavy (non-hydrogen) atoms. The molecule has 1 N–H and O–H groups in total. The molecular formula is C20H26FN5O. The summed E-state index contributed by atoms with van der Waals surface area (Å²) in [7, 11) is 0. The lowest BCUT2D eigenvalue weighted by Gasteiger charge is -2.26. The summed E-state index contributed by atoms with van der Waals surface area (Å²) in [5.41, 5.74) is 1.66. The lowest BCUT2D eigenvalue weighted by Crippen LogP contribution is -2.30. The standard InChI is InChI=1S/C20H26FN5O/c1-2-16-22-15-10-9-14(21)18(19(15)23-16)20-24-17(27-25-20)8-4-7-13-26-11-5-3-6-12-26/h9-10H,2-8,11-13H2,1H3,(H,22,23). The van der Waals surface area contributed by atoms with Crippen LogP contribution in [0.1, 0.15) is 50.7 Å². The van der Waals surface area contributed by atoms with Gasteiger partial charge in [0.25, 0.3) is 0 Å². The van der Waals surface area contributed by atoms with Crippen molar-refractivity contribution in [3.05, 3.63) is 29.7 Å². The molecule has 7 heteroatoms. The van der Waals surface area contributed by atoms with E-state index in [2.05, 4.69) is 25.0 Å². The van der Waals surface area contributed by atoms with E-state index in [1.807, 2.05) is 6.92 Å². The number of aryl methyl sites for hydroxylation is 2. The van der Waals surface area contributed by atoms with E-state index >= 15 is 0 Å². The van der Waals surface area contributed by atoms with E-state index in [4.69, 9.17) is 4.52 Å². The number of nitrogens with one attached hydrogen (secondary N) is 1. The Kier molecular flexibility index (Phi) is 5.48. The van der Waals surface area contributed by atoms with Gasteiger partial charge in [-0.2, -0.15) is 4.98 Å². The van der Waals surface area contributed by atoms with E-state index in [0.29, 0.717) is 17.0 Å². The van der Waals surface area contributed by atoms with Crippen molar-refractivity contribution in [1.82, 2.24) is 25.0 Å². The van der Waals surface area contributed by atoms with Crippen LogP contribution in [0.2, 0.25) is 0 Å². The molecule has 4 rings (SSSR count). The number of hydrogen-bond donors (Lipinski definition) is 1. The summed E-state index contributed by atoms with van der Waals surface area (Å²) < 4.78 is 19.8. The molecule has 1 saturated heterocycles. The summed E-state index contributed by atoms with van der Waals surface area (Å²) >= 11 is 0. The maximum atomic E-state index is 14.5. The lowest BCUT2D eigenvalue weighted by atomic mass is 10.1. The van der Waals surface area contributed by atoms with E-state index in [9.17, 15) is 4.39 Å². The SMILES string of the molecule is CCc1nc2c(-c3noc(CCCCN4CCCCC4)n3)c(F)ccc2[nH]1. The number of fused-ring (bicyclic) bond motifs is 1. The molecule has 3 aromatic rings. The first-order valence-electron chi connectivity index (χ1n) is 9.97. The Balaban J connectivity index is 1.42. The highest BCUT2D eigenvalue weighted by Crippen LogP contribution is 2.28. The molecule has 0 saturated carbocycles. The zero-order valence-corrected chi connectivity index (χ0v) is 15.8. The van der Waals surface area contributed by atoms with Gasteiger partial charge < -0.3 is 14.4 Å². The number of hydrogen-bond acceptors (Lipinski definition) is 5. The minimum Gasteiger partial charge on any atom is -0.342 e. The number of rotatable bonds is 7. The van der Waals surface area contributed by atoms with Gasteiger partial charge in [-0.3, -0.25) is 0 Å². The quantitative estimate of drug-likeness (QED) is 0.633. The van der Waals surface area contributed by atoms with Crippen molar-refractivity contribution in [2.24, 2.45) is 0 Å². The fourth-order valence-electron chi connectivity index (χ4n) is 3.73. The third-order valence-corrected chi connectivity index (χ3v) is 5.24. The molecule has 1 aliphatic rings. The van der Waals surface area contributed by atoms with Gasteiger partial charge >= 0.3 is 0 Å². The Morgan fingerprint density at radius 2 is 2.00 bits per heavy atom. The second-order valence-corrected chi connectivity index (χ2v) is 7.23. The maximum absolute atomic E-state index is 14.5. The van der Waals surface area contributed by atoms with Crippen LogP contribution in [0, 0.1) is 5.82 Å². The second kappa shape index (κ2) is 8.17. The van der Waals surface area contributed by atoms with Crippen molar-refractivity contribution in [1.29, 1.82) is 0 Å². The molecule has 0 aliphatic carbocycles. The molecule has 1 aliphatic heterocycles.